The number of rotatable bonds is 3. The van der Waals surface area contributed by atoms with Crippen molar-refractivity contribution >= 4 is 28.2 Å². The van der Waals surface area contributed by atoms with Crippen molar-refractivity contribution in [3.8, 4) is 0 Å². The number of hydrogen-bond acceptors (Lipinski definition) is 4. The molecular formula is C24H26N4O. The molecule has 2 saturated heterocycles. The fraction of sp³-hybridized carbons (Fsp3) is 0.333. The lowest BCUT2D eigenvalue weighted by atomic mass is 10.1. The average molecular weight is 386 g/mol. The van der Waals surface area contributed by atoms with Crippen molar-refractivity contribution in [2.24, 2.45) is 0 Å². The molecule has 3 aromatic rings. The summed E-state index contributed by atoms with van der Waals surface area (Å²) >= 11 is 0. The minimum Gasteiger partial charge on any atom is -0.368 e. The summed E-state index contributed by atoms with van der Waals surface area (Å²) in [4.78, 5) is 24.3. The molecule has 3 heterocycles. The van der Waals surface area contributed by atoms with Crippen LogP contribution in [0.1, 0.15) is 23.2 Å². The van der Waals surface area contributed by atoms with Crippen molar-refractivity contribution in [2.75, 3.05) is 49.1 Å². The van der Waals surface area contributed by atoms with Crippen molar-refractivity contribution in [1.82, 2.24) is 9.88 Å². The number of carbonyl (C=O) groups excluding carboxylic acids is 1. The second-order valence-corrected chi connectivity index (χ2v) is 7.88. The molecule has 2 aliphatic heterocycles. The molecule has 2 aliphatic rings. The Labute approximate surface area is 171 Å². The van der Waals surface area contributed by atoms with Gasteiger partial charge < -0.3 is 14.7 Å². The molecule has 0 unspecified atom stereocenters. The highest BCUT2D eigenvalue weighted by Crippen LogP contribution is 2.28. The third-order valence-electron chi connectivity index (χ3n) is 6.09. The fourth-order valence-electron chi connectivity index (χ4n) is 4.46. The van der Waals surface area contributed by atoms with E-state index in [1.54, 1.807) is 0 Å². The van der Waals surface area contributed by atoms with Crippen LogP contribution in [-0.4, -0.2) is 55.1 Å². The van der Waals surface area contributed by atoms with E-state index >= 15 is 0 Å². The van der Waals surface area contributed by atoms with Crippen LogP contribution in [0.5, 0.6) is 0 Å². The Bertz CT molecular complexity index is 1010. The van der Waals surface area contributed by atoms with E-state index in [1.807, 2.05) is 29.3 Å². The number of pyridine rings is 1. The Balaban J connectivity index is 1.40. The third-order valence-corrected chi connectivity index (χ3v) is 6.09. The molecule has 0 spiro atoms. The van der Waals surface area contributed by atoms with E-state index in [4.69, 9.17) is 4.98 Å². The maximum atomic E-state index is 12.9. The summed E-state index contributed by atoms with van der Waals surface area (Å²) in [6.45, 7) is 5.52. The van der Waals surface area contributed by atoms with Gasteiger partial charge in [-0.3, -0.25) is 4.79 Å². The van der Waals surface area contributed by atoms with Crippen LogP contribution in [0.15, 0.2) is 60.8 Å². The monoisotopic (exact) mass is 386 g/mol. The number of anilines is 2. The SMILES string of the molecule is O=C(c1ccc2ccnc(N3CCN(c4ccccc4)CC3)c2c1)N1CCCC1. The minimum absolute atomic E-state index is 0.146. The quantitative estimate of drug-likeness (QED) is 0.687. The Kier molecular flexibility index (Phi) is 4.80. The highest BCUT2D eigenvalue weighted by molar-refractivity contribution is 6.01. The molecule has 2 fully saturated rings. The summed E-state index contributed by atoms with van der Waals surface area (Å²) in [7, 11) is 0. The lowest BCUT2D eigenvalue weighted by Gasteiger charge is -2.37. The van der Waals surface area contributed by atoms with Gasteiger partial charge in [0.1, 0.15) is 5.82 Å². The lowest BCUT2D eigenvalue weighted by molar-refractivity contribution is 0.0793. The van der Waals surface area contributed by atoms with Gasteiger partial charge in [-0.15, -0.1) is 0 Å². The molecule has 0 N–H and O–H groups in total. The van der Waals surface area contributed by atoms with Crippen molar-refractivity contribution in [3.63, 3.8) is 0 Å². The number of piperazine rings is 1. The van der Waals surface area contributed by atoms with Crippen molar-refractivity contribution in [2.45, 2.75) is 12.8 Å². The summed E-state index contributed by atoms with van der Waals surface area (Å²) in [6.07, 6.45) is 4.10. The maximum absolute atomic E-state index is 12.9. The van der Waals surface area contributed by atoms with Crippen LogP contribution in [0.4, 0.5) is 11.5 Å². The third kappa shape index (κ3) is 3.53. The summed E-state index contributed by atoms with van der Waals surface area (Å²) in [5.41, 5.74) is 2.05. The predicted molar refractivity (Wildman–Crippen MR) is 118 cm³/mol. The van der Waals surface area contributed by atoms with E-state index in [9.17, 15) is 4.79 Å². The molecule has 0 bridgehead atoms. The Morgan fingerprint density at radius 2 is 1.52 bits per heavy atom. The molecule has 5 heteroatoms. The van der Waals surface area contributed by atoms with Gasteiger partial charge in [0.2, 0.25) is 0 Å². The number of fused-ring (bicyclic) bond motifs is 1. The Hall–Kier alpha value is -3.08. The van der Waals surface area contributed by atoms with E-state index in [0.717, 1.165) is 74.3 Å². The largest absolute Gasteiger partial charge is 0.368 e. The van der Waals surface area contributed by atoms with Gasteiger partial charge in [-0.2, -0.15) is 0 Å². The molecule has 148 valence electrons. The molecular weight excluding hydrogens is 360 g/mol. The van der Waals surface area contributed by atoms with Gasteiger partial charge in [-0.05, 0) is 48.6 Å². The smallest absolute Gasteiger partial charge is 0.253 e. The summed E-state index contributed by atoms with van der Waals surface area (Å²) in [5.74, 6) is 1.14. The van der Waals surface area contributed by atoms with Crippen LogP contribution >= 0.6 is 0 Å². The van der Waals surface area contributed by atoms with E-state index < -0.39 is 0 Å². The second-order valence-electron chi connectivity index (χ2n) is 7.88. The Morgan fingerprint density at radius 3 is 2.28 bits per heavy atom. The highest BCUT2D eigenvalue weighted by Gasteiger charge is 2.22. The van der Waals surface area contributed by atoms with Gasteiger partial charge >= 0.3 is 0 Å². The molecule has 0 atom stereocenters. The molecule has 0 saturated carbocycles. The topological polar surface area (TPSA) is 39.7 Å². The normalized spacial score (nSPS) is 17.2. The maximum Gasteiger partial charge on any atom is 0.253 e. The van der Waals surface area contributed by atoms with Gasteiger partial charge in [-0.25, -0.2) is 4.98 Å². The second kappa shape index (κ2) is 7.74. The number of carbonyl (C=O) groups is 1. The zero-order valence-corrected chi connectivity index (χ0v) is 16.6. The molecule has 29 heavy (non-hydrogen) atoms. The van der Waals surface area contributed by atoms with Gasteiger partial charge in [0.05, 0.1) is 0 Å². The van der Waals surface area contributed by atoms with Crippen LogP contribution < -0.4 is 9.80 Å². The summed E-state index contributed by atoms with van der Waals surface area (Å²) in [5, 5.41) is 2.21. The Morgan fingerprint density at radius 1 is 0.793 bits per heavy atom. The summed E-state index contributed by atoms with van der Waals surface area (Å²) in [6, 6.07) is 18.7. The molecule has 1 amide bonds. The fourth-order valence-corrected chi connectivity index (χ4v) is 4.46. The number of likely N-dealkylation sites (tertiary alicyclic amines) is 1. The van der Waals surface area contributed by atoms with Crippen molar-refractivity contribution < 1.29 is 4.79 Å². The number of aromatic nitrogens is 1. The van der Waals surface area contributed by atoms with Gasteiger partial charge in [0.15, 0.2) is 0 Å². The number of hydrogen-bond donors (Lipinski definition) is 0. The van der Waals surface area contributed by atoms with Crippen LogP contribution in [0.3, 0.4) is 0 Å². The first-order valence-electron chi connectivity index (χ1n) is 10.5. The van der Waals surface area contributed by atoms with Crippen molar-refractivity contribution in [3.05, 3.63) is 66.4 Å². The van der Waals surface area contributed by atoms with E-state index in [2.05, 4.69) is 46.2 Å². The average Bonchev–Trinajstić information content (AvgIpc) is 3.33. The highest BCUT2D eigenvalue weighted by atomic mass is 16.2. The molecule has 5 nitrogen and oxygen atoms in total. The molecule has 0 radical (unpaired) electrons. The van der Waals surface area contributed by atoms with E-state index in [-0.39, 0.29) is 5.91 Å². The first-order chi connectivity index (χ1) is 14.3. The van der Waals surface area contributed by atoms with Crippen LogP contribution in [0, 0.1) is 0 Å². The van der Waals surface area contributed by atoms with Gasteiger partial charge in [0.25, 0.3) is 5.91 Å². The molecule has 1 aromatic heterocycles. The minimum atomic E-state index is 0.146. The molecule has 2 aromatic carbocycles. The predicted octanol–water partition coefficient (Wildman–Crippen LogP) is 3.80. The zero-order valence-electron chi connectivity index (χ0n) is 16.6. The number of amides is 1. The van der Waals surface area contributed by atoms with E-state index in [0.29, 0.717) is 0 Å². The summed E-state index contributed by atoms with van der Waals surface area (Å²) < 4.78 is 0. The van der Waals surface area contributed by atoms with Crippen LogP contribution in [0.2, 0.25) is 0 Å². The molecule has 5 rings (SSSR count). The zero-order chi connectivity index (χ0) is 19.6. The van der Waals surface area contributed by atoms with E-state index in [1.165, 1.54) is 5.69 Å². The van der Waals surface area contributed by atoms with Gasteiger partial charge in [0, 0.05) is 62.1 Å². The van der Waals surface area contributed by atoms with Crippen LogP contribution in [-0.2, 0) is 0 Å². The standard InChI is InChI=1S/C24H26N4O/c29-24(28-12-4-5-13-28)20-9-8-19-10-11-25-23(22(19)18-20)27-16-14-26(15-17-27)21-6-2-1-3-7-21/h1-3,6-11,18H,4-5,12-17H2. The first kappa shape index (κ1) is 18.0. The first-order valence-corrected chi connectivity index (χ1v) is 10.5. The number of para-hydroxylation sites is 1. The number of benzene rings is 2. The van der Waals surface area contributed by atoms with Crippen molar-refractivity contribution in [1.29, 1.82) is 0 Å². The molecule has 0 aliphatic carbocycles. The van der Waals surface area contributed by atoms with Crippen LogP contribution in [0.25, 0.3) is 10.8 Å². The number of nitrogens with zero attached hydrogens (tertiary/aromatic N) is 4. The van der Waals surface area contributed by atoms with Gasteiger partial charge in [-0.1, -0.05) is 24.3 Å². The lowest BCUT2D eigenvalue weighted by Crippen LogP contribution is -2.46.